The van der Waals surface area contributed by atoms with Gasteiger partial charge in [-0.3, -0.25) is 4.98 Å². The maximum Gasteiger partial charge on any atom is 0.0652 e. The predicted molar refractivity (Wildman–Crippen MR) is 58.9 cm³/mol. The highest BCUT2D eigenvalue weighted by atomic mass is 35.5. The molecule has 2 nitrogen and oxygen atoms in total. The van der Waals surface area contributed by atoms with E-state index in [9.17, 15) is 0 Å². The van der Waals surface area contributed by atoms with Gasteiger partial charge in [-0.25, -0.2) is 0 Å². The number of hydrogen-bond donors (Lipinski definition) is 1. The second-order valence-corrected chi connectivity index (χ2v) is 4.33. The molecule has 14 heavy (non-hydrogen) atoms. The van der Waals surface area contributed by atoms with E-state index in [-0.39, 0.29) is 0 Å². The first kappa shape index (κ1) is 10.2. The van der Waals surface area contributed by atoms with Gasteiger partial charge in [-0.05, 0) is 19.4 Å². The zero-order valence-corrected chi connectivity index (χ0v) is 9.28. The molecule has 2 heterocycles. The van der Waals surface area contributed by atoms with Crippen LogP contribution in [0.15, 0.2) is 12.4 Å². The molecule has 0 amide bonds. The highest BCUT2D eigenvalue weighted by Gasteiger charge is 2.19. The van der Waals surface area contributed by atoms with Crippen molar-refractivity contribution in [3.63, 3.8) is 0 Å². The second-order valence-electron chi connectivity index (χ2n) is 3.52. The van der Waals surface area contributed by atoms with Crippen molar-refractivity contribution in [2.24, 2.45) is 0 Å². The molecule has 2 rings (SSSR count). The van der Waals surface area contributed by atoms with Gasteiger partial charge in [0.15, 0.2) is 0 Å². The Bertz CT molecular complexity index is 302. The average Bonchev–Trinajstić information content (AvgIpc) is 2.19. The first-order valence-electron chi connectivity index (χ1n) is 4.81. The summed E-state index contributed by atoms with van der Waals surface area (Å²) in [6.07, 6.45) is 6.87. The van der Waals surface area contributed by atoms with Crippen LogP contribution in [0.2, 0.25) is 10.0 Å². The van der Waals surface area contributed by atoms with Crippen molar-refractivity contribution in [2.75, 3.05) is 6.54 Å². The Hall–Kier alpha value is -0.310. The van der Waals surface area contributed by atoms with Crippen LogP contribution in [0, 0.1) is 0 Å². The minimum atomic E-state index is 0.298. The van der Waals surface area contributed by atoms with Gasteiger partial charge in [-0.2, -0.15) is 0 Å². The second kappa shape index (κ2) is 4.47. The fourth-order valence-electron chi connectivity index (χ4n) is 1.85. The minimum Gasteiger partial charge on any atom is -0.310 e. The van der Waals surface area contributed by atoms with Crippen molar-refractivity contribution in [1.82, 2.24) is 10.3 Å². The highest BCUT2D eigenvalue weighted by Crippen LogP contribution is 2.33. The number of nitrogens with zero attached hydrogens (tertiary/aromatic N) is 1. The lowest BCUT2D eigenvalue weighted by Crippen LogP contribution is -2.27. The van der Waals surface area contributed by atoms with Crippen LogP contribution >= 0.6 is 23.2 Å². The number of piperidine rings is 1. The lowest BCUT2D eigenvalue weighted by atomic mass is 9.98. The highest BCUT2D eigenvalue weighted by molar-refractivity contribution is 6.35. The molecular weight excluding hydrogens is 219 g/mol. The van der Waals surface area contributed by atoms with E-state index in [0.717, 1.165) is 18.5 Å². The summed E-state index contributed by atoms with van der Waals surface area (Å²) in [5.41, 5.74) is 1.00. The van der Waals surface area contributed by atoms with Gasteiger partial charge in [0.1, 0.15) is 0 Å². The number of aromatic nitrogens is 1. The Morgan fingerprint density at radius 2 is 1.93 bits per heavy atom. The third kappa shape index (κ3) is 2.02. The molecule has 1 atom stereocenters. The molecule has 1 aliphatic heterocycles. The van der Waals surface area contributed by atoms with Crippen LogP contribution in [-0.2, 0) is 0 Å². The van der Waals surface area contributed by atoms with Gasteiger partial charge in [0.25, 0.3) is 0 Å². The largest absolute Gasteiger partial charge is 0.310 e. The molecular formula is C10H12Cl2N2. The summed E-state index contributed by atoms with van der Waals surface area (Å²) >= 11 is 12.2. The van der Waals surface area contributed by atoms with Crippen LogP contribution in [-0.4, -0.2) is 11.5 Å². The van der Waals surface area contributed by atoms with Crippen molar-refractivity contribution < 1.29 is 0 Å². The van der Waals surface area contributed by atoms with E-state index in [1.807, 2.05) is 0 Å². The SMILES string of the molecule is Clc1cncc(Cl)c1[C@H]1CCCCN1. The van der Waals surface area contributed by atoms with Crippen molar-refractivity contribution >= 4 is 23.2 Å². The number of nitrogens with one attached hydrogen (secondary N) is 1. The first-order chi connectivity index (χ1) is 6.79. The summed E-state index contributed by atoms with van der Waals surface area (Å²) in [7, 11) is 0. The van der Waals surface area contributed by atoms with E-state index in [0.29, 0.717) is 16.1 Å². The maximum absolute atomic E-state index is 6.08. The van der Waals surface area contributed by atoms with E-state index in [1.54, 1.807) is 12.4 Å². The summed E-state index contributed by atoms with van der Waals surface area (Å²) in [5.74, 6) is 0. The van der Waals surface area contributed by atoms with E-state index in [2.05, 4.69) is 10.3 Å². The molecule has 0 aromatic carbocycles. The fraction of sp³-hybridized carbons (Fsp3) is 0.500. The molecule has 1 fully saturated rings. The lowest BCUT2D eigenvalue weighted by molar-refractivity contribution is 0.412. The fourth-order valence-corrected chi connectivity index (χ4v) is 2.48. The van der Waals surface area contributed by atoms with Gasteiger partial charge in [0.2, 0.25) is 0 Å². The van der Waals surface area contributed by atoms with Gasteiger partial charge >= 0.3 is 0 Å². The van der Waals surface area contributed by atoms with E-state index in [4.69, 9.17) is 23.2 Å². The molecule has 0 saturated carbocycles. The number of rotatable bonds is 1. The molecule has 0 radical (unpaired) electrons. The Labute approximate surface area is 93.6 Å². The number of halogens is 2. The van der Waals surface area contributed by atoms with Gasteiger partial charge in [0, 0.05) is 24.0 Å². The summed E-state index contributed by atoms with van der Waals surface area (Å²) in [6, 6.07) is 0.298. The quantitative estimate of drug-likeness (QED) is 0.802. The van der Waals surface area contributed by atoms with E-state index >= 15 is 0 Å². The summed E-state index contributed by atoms with van der Waals surface area (Å²) in [5, 5.41) is 4.75. The Morgan fingerprint density at radius 1 is 1.21 bits per heavy atom. The van der Waals surface area contributed by atoms with Crippen LogP contribution in [0.1, 0.15) is 30.9 Å². The van der Waals surface area contributed by atoms with Gasteiger partial charge in [-0.15, -0.1) is 0 Å². The molecule has 4 heteroatoms. The van der Waals surface area contributed by atoms with Crippen LogP contribution < -0.4 is 5.32 Å². The van der Waals surface area contributed by atoms with Crippen molar-refractivity contribution in [1.29, 1.82) is 0 Å². The lowest BCUT2D eigenvalue weighted by Gasteiger charge is -2.25. The maximum atomic E-state index is 6.08. The molecule has 1 N–H and O–H groups in total. The van der Waals surface area contributed by atoms with Gasteiger partial charge < -0.3 is 5.32 Å². The van der Waals surface area contributed by atoms with Crippen LogP contribution in [0.3, 0.4) is 0 Å². The first-order valence-corrected chi connectivity index (χ1v) is 5.57. The van der Waals surface area contributed by atoms with Crippen LogP contribution in [0.5, 0.6) is 0 Å². The number of pyridine rings is 1. The summed E-state index contributed by atoms with van der Waals surface area (Å²) in [4.78, 5) is 3.95. The van der Waals surface area contributed by atoms with Crippen molar-refractivity contribution in [3.05, 3.63) is 28.0 Å². The molecule has 76 valence electrons. The van der Waals surface area contributed by atoms with Crippen LogP contribution in [0.4, 0.5) is 0 Å². The standard InChI is InChI=1S/C10H12Cl2N2/c11-7-5-13-6-8(12)10(7)9-3-1-2-4-14-9/h5-6,9,14H,1-4H2/t9-/m1/s1. The topological polar surface area (TPSA) is 24.9 Å². The Balaban J connectivity index is 2.29. The average molecular weight is 231 g/mol. The monoisotopic (exact) mass is 230 g/mol. The minimum absolute atomic E-state index is 0.298. The van der Waals surface area contributed by atoms with E-state index in [1.165, 1.54) is 12.8 Å². The molecule has 0 unspecified atom stereocenters. The molecule has 1 saturated heterocycles. The van der Waals surface area contributed by atoms with E-state index < -0.39 is 0 Å². The molecule has 0 bridgehead atoms. The Morgan fingerprint density at radius 3 is 2.50 bits per heavy atom. The smallest absolute Gasteiger partial charge is 0.0652 e. The van der Waals surface area contributed by atoms with Crippen molar-refractivity contribution in [3.8, 4) is 0 Å². The molecule has 0 spiro atoms. The summed E-state index contributed by atoms with van der Waals surface area (Å²) in [6.45, 7) is 1.04. The predicted octanol–water partition coefficient (Wildman–Crippen LogP) is 3.20. The molecule has 1 aliphatic rings. The molecule has 0 aliphatic carbocycles. The molecule has 1 aromatic heterocycles. The van der Waals surface area contributed by atoms with Gasteiger partial charge in [-0.1, -0.05) is 29.6 Å². The Kier molecular flexibility index (Phi) is 3.26. The third-order valence-corrected chi connectivity index (χ3v) is 3.15. The van der Waals surface area contributed by atoms with Crippen molar-refractivity contribution in [2.45, 2.75) is 25.3 Å². The zero-order valence-electron chi connectivity index (χ0n) is 7.76. The number of hydrogen-bond acceptors (Lipinski definition) is 2. The molecule has 1 aromatic rings. The van der Waals surface area contributed by atoms with Crippen LogP contribution in [0.25, 0.3) is 0 Å². The summed E-state index contributed by atoms with van der Waals surface area (Å²) < 4.78 is 0. The van der Waals surface area contributed by atoms with Gasteiger partial charge in [0.05, 0.1) is 10.0 Å². The third-order valence-electron chi connectivity index (χ3n) is 2.55. The normalized spacial score (nSPS) is 22.3. The zero-order chi connectivity index (χ0) is 9.97.